The highest BCUT2D eigenvalue weighted by Crippen LogP contribution is 2.14. The van der Waals surface area contributed by atoms with Crippen molar-refractivity contribution in [3.8, 4) is 0 Å². The molecule has 0 aromatic heterocycles. The highest BCUT2D eigenvalue weighted by molar-refractivity contribution is 7.89. The second-order valence-electron chi connectivity index (χ2n) is 3.95. The first-order valence-corrected chi connectivity index (χ1v) is 6.93. The van der Waals surface area contributed by atoms with Gasteiger partial charge in [-0.15, -0.1) is 0 Å². The first-order chi connectivity index (χ1) is 7.45. The molecule has 0 bridgehead atoms. The van der Waals surface area contributed by atoms with Crippen molar-refractivity contribution in [2.24, 2.45) is 0 Å². The highest BCUT2D eigenvalue weighted by Gasteiger charge is 2.28. The van der Waals surface area contributed by atoms with E-state index < -0.39 is 16.0 Å². The lowest BCUT2D eigenvalue weighted by molar-refractivity contribution is -0.136. The smallest absolute Gasteiger partial charge is 0.304 e. The van der Waals surface area contributed by atoms with E-state index in [9.17, 15) is 13.2 Å². The minimum Gasteiger partial charge on any atom is -0.481 e. The maximum atomic E-state index is 11.8. The molecular weight excluding hydrogens is 232 g/mol. The summed E-state index contributed by atoms with van der Waals surface area (Å²) in [6.45, 7) is 0.943. The minimum atomic E-state index is -3.41. The standard InChI is InChI=1S/C9H18N2O4S/c1-10-8-3-2-5-11(7-8)16(14,15)6-4-9(12)13/h8,10H,2-7H2,1H3,(H,12,13). The highest BCUT2D eigenvalue weighted by atomic mass is 32.2. The number of sulfonamides is 1. The van der Waals surface area contributed by atoms with Gasteiger partial charge in [0.2, 0.25) is 10.0 Å². The number of carbonyl (C=O) groups is 1. The van der Waals surface area contributed by atoms with Crippen LogP contribution in [0, 0.1) is 0 Å². The molecule has 1 aliphatic rings. The van der Waals surface area contributed by atoms with Crippen molar-refractivity contribution in [2.75, 3.05) is 25.9 Å². The zero-order valence-corrected chi connectivity index (χ0v) is 10.2. The number of aliphatic carboxylic acids is 1. The predicted octanol–water partition coefficient (Wildman–Crippen LogP) is -0.525. The maximum absolute atomic E-state index is 11.8. The molecule has 1 heterocycles. The van der Waals surface area contributed by atoms with E-state index in [4.69, 9.17) is 5.11 Å². The number of carboxylic acids is 1. The van der Waals surface area contributed by atoms with Crippen LogP contribution < -0.4 is 5.32 Å². The summed E-state index contributed by atoms with van der Waals surface area (Å²) in [6.07, 6.45) is 1.45. The van der Waals surface area contributed by atoms with E-state index >= 15 is 0 Å². The molecule has 7 heteroatoms. The summed E-state index contributed by atoms with van der Waals surface area (Å²) in [5.41, 5.74) is 0. The fourth-order valence-electron chi connectivity index (χ4n) is 1.78. The maximum Gasteiger partial charge on any atom is 0.304 e. The quantitative estimate of drug-likeness (QED) is 0.685. The lowest BCUT2D eigenvalue weighted by atomic mass is 10.1. The first-order valence-electron chi connectivity index (χ1n) is 5.32. The Morgan fingerprint density at radius 2 is 2.25 bits per heavy atom. The van der Waals surface area contributed by atoms with Gasteiger partial charge in [0.05, 0.1) is 12.2 Å². The summed E-state index contributed by atoms with van der Waals surface area (Å²) >= 11 is 0. The zero-order valence-electron chi connectivity index (χ0n) is 9.35. The van der Waals surface area contributed by atoms with Crippen LogP contribution in [-0.4, -0.2) is 55.7 Å². The van der Waals surface area contributed by atoms with Gasteiger partial charge >= 0.3 is 5.97 Å². The van der Waals surface area contributed by atoms with Crippen molar-refractivity contribution in [3.05, 3.63) is 0 Å². The Morgan fingerprint density at radius 1 is 1.56 bits per heavy atom. The molecule has 1 saturated heterocycles. The topological polar surface area (TPSA) is 86.7 Å². The lowest BCUT2D eigenvalue weighted by Gasteiger charge is -2.31. The van der Waals surface area contributed by atoms with Crippen LogP contribution in [0.15, 0.2) is 0 Å². The van der Waals surface area contributed by atoms with E-state index in [1.807, 2.05) is 0 Å². The van der Waals surface area contributed by atoms with Crippen LogP contribution in [-0.2, 0) is 14.8 Å². The van der Waals surface area contributed by atoms with Gasteiger partial charge in [0.25, 0.3) is 0 Å². The number of likely N-dealkylation sites (N-methyl/N-ethyl adjacent to an activating group) is 1. The van der Waals surface area contributed by atoms with Crippen molar-refractivity contribution >= 4 is 16.0 Å². The molecule has 0 aromatic carbocycles. The molecule has 1 fully saturated rings. The van der Waals surface area contributed by atoms with Crippen molar-refractivity contribution in [1.82, 2.24) is 9.62 Å². The van der Waals surface area contributed by atoms with Gasteiger partial charge < -0.3 is 10.4 Å². The van der Waals surface area contributed by atoms with E-state index in [1.54, 1.807) is 7.05 Å². The van der Waals surface area contributed by atoms with Crippen molar-refractivity contribution < 1.29 is 18.3 Å². The Hall–Kier alpha value is -0.660. The van der Waals surface area contributed by atoms with E-state index in [-0.39, 0.29) is 18.2 Å². The third-order valence-corrected chi connectivity index (χ3v) is 4.60. The molecule has 16 heavy (non-hydrogen) atoms. The Balaban J connectivity index is 2.57. The van der Waals surface area contributed by atoms with Gasteiger partial charge in [-0.1, -0.05) is 0 Å². The van der Waals surface area contributed by atoms with Crippen LogP contribution in [0.5, 0.6) is 0 Å². The number of piperidine rings is 1. The predicted molar refractivity (Wildman–Crippen MR) is 59.7 cm³/mol. The monoisotopic (exact) mass is 250 g/mol. The van der Waals surface area contributed by atoms with Crippen molar-refractivity contribution in [2.45, 2.75) is 25.3 Å². The summed E-state index contributed by atoms with van der Waals surface area (Å²) in [5, 5.41) is 11.5. The third-order valence-electron chi connectivity index (χ3n) is 2.76. The number of nitrogens with one attached hydrogen (secondary N) is 1. The summed E-state index contributed by atoms with van der Waals surface area (Å²) in [6, 6.07) is 0.174. The first kappa shape index (κ1) is 13.4. The molecule has 94 valence electrons. The van der Waals surface area contributed by atoms with E-state index in [0.29, 0.717) is 13.1 Å². The molecule has 1 unspecified atom stereocenters. The number of carboxylic acid groups (broad SMARTS) is 1. The molecule has 0 aromatic rings. The van der Waals surface area contributed by atoms with Gasteiger partial charge in [0.1, 0.15) is 0 Å². The molecule has 2 N–H and O–H groups in total. The van der Waals surface area contributed by atoms with E-state index in [0.717, 1.165) is 12.8 Å². The fraction of sp³-hybridized carbons (Fsp3) is 0.889. The summed E-state index contributed by atoms with van der Waals surface area (Å²) in [5.74, 6) is -1.38. The van der Waals surface area contributed by atoms with Gasteiger partial charge in [0.15, 0.2) is 0 Å². The van der Waals surface area contributed by atoms with Gasteiger partial charge in [-0.3, -0.25) is 4.79 Å². The SMILES string of the molecule is CNC1CCCN(S(=O)(=O)CCC(=O)O)C1. The largest absolute Gasteiger partial charge is 0.481 e. The average molecular weight is 250 g/mol. The van der Waals surface area contributed by atoms with Crippen LogP contribution in [0.25, 0.3) is 0 Å². The van der Waals surface area contributed by atoms with E-state index in [1.165, 1.54) is 4.31 Å². The molecular formula is C9H18N2O4S. The third kappa shape index (κ3) is 3.73. The Kier molecular flexibility index (Phi) is 4.69. The molecule has 1 rings (SSSR count). The number of hydrogen-bond donors (Lipinski definition) is 2. The van der Waals surface area contributed by atoms with Gasteiger partial charge in [-0.25, -0.2) is 12.7 Å². The normalized spacial score (nSPS) is 23.2. The molecule has 0 aliphatic carbocycles. The van der Waals surface area contributed by atoms with Crippen LogP contribution in [0.1, 0.15) is 19.3 Å². The van der Waals surface area contributed by atoms with Crippen LogP contribution in [0.2, 0.25) is 0 Å². The van der Waals surface area contributed by atoms with E-state index in [2.05, 4.69) is 5.32 Å². The molecule has 6 nitrogen and oxygen atoms in total. The molecule has 0 spiro atoms. The zero-order chi connectivity index (χ0) is 12.2. The van der Waals surface area contributed by atoms with Crippen molar-refractivity contribution in [3.63, 3.8) is 0 Å². The second kappa shape index (κ2) is 5.60. The summed E-state index contributed by atoms with van der Waals surface area (Å²) in [4.78, 5) is 10.4. The molecule has 0 radical (unpaired) electrons. The van der Waals surface area contributed by atoms with Crippen LogP contribution >= 0.6 is 0 Å². The summed E-state index contributed by atoms with van der Waals surface area (Å²) < 4.78 is 25.0. The Bertz CT molecular complexity index is 341. The Labute approximate surface area is 95.7 Å². The van der Waals surface area contributed by atoms with Gasteiger partial charge in [-0.05, 0) is 19.9 Å². The molecule has 1 aliphatic heterocycles. The van der Waals surface area contributed by atoms with Gasteiger partial charge in [0, 0.05) is 19.1 Å². The van der Waals surface area contributed by atoms with Gasteiger partial charge in [-0.2, -0.15) is 0 Å². The molecule has 0 amide bonds. The summed E-state index contributed by atoms with van der Waals surface area (Å²) in [7, 11) is -1.61. The van der Waals surface area contributed by atoms with Crippen LogP contribution in [0.3, 0.4) is 0 Å². The number of hydrogen-bond acceptors (Lipinski definition) is 4. The fourth-order valence-corrected chi connectivity index (χ4v) is 3.28. The molecule has 0 saturated carbocycles. The lowest BCUT2D eigenvalue weighted by Crippen LogP contribution is -2.47. The minimum absolute atomic E-state index is 0.174. The van der Waals surface area contributed by atoms with Crippen molar-refractivity contribution in [1.29, 1.82) is 0 Å². The van der Waals surface area contributed by atoms with Crippen LogP contribution in [0.4, 0.5) is 0 Å². The average Bonchev–Trinajstić information content (AvgIpc) is 2.27. The number of rotatable bonds is 5. The Morgan fingerprint density at radius 3 is 2.81 bits per heavy atom. The molecule has 1 atom stereocenters. The second-order valence-corrected chi connectivity index (χ2v) is 6.03. The number of nitrogens with zero attached hydrogens (tertiary/aromatic N) is 1.